The van der Waals surface area contributed by atoms with Crippen molar-refractivity contribution in [1.29, 1.82) is 0 Å². The van der Waals surface area contributed by atoms with Gasteiger partial charge in [0.05, 0.1) is 12.4 Å². The minimum absolute atomic E-state index is 0.354. The molecule has 1 aliphatic carbocycles. The van der Waals surface area contributed by atoms with E-state index >= 15 is 0 Å². The van der Waals surface area contributed by atoms with Crippen molar-refractivity contribution in [1.82, 2.24) is 0 Å². The second-order valence-corrected chi connectivity index (χ2v) is 7.56. The van der Waals surface area contributed by atoms with Crippen LogP contribution in [-0.4, -0.2) is 15.2 Å². The molecule has 0 fully saturated rings. The highest BCUT2D eigenvalue weighted by atomic mass is 28.4. The second-order valence-electron chi connectivity index (χ2n) is 4.26. The van der Waals surface area contributed by atoms with Gasteiger partial charge in [-0.05, 0) is 38.4 Å². The van der Waals surface area contributed by atoms with E-state index in [1.807, 2.05) is 13.1 Å². The molecule has 0 unspecified atom stereocenters. The van der Waals surface area contributed by atoms with Gasteiger partial charge in [0.25, 0.3) is 0 Å². The lowest BCUT2D eigenvalue weighted by Gasteiger charge is -2.24. The van der Waals surface area contributed by atoms with E-state index in [2.05, 4.69) is 12.0 Å². The summed E-state index contributed by atoms with van der Waals surface area (Å²) >= 11 is 0. The Morgan fingerprint density at radius 2 is 2.20 bits per heavy atom. The Morgan fingerprint density at radius 3 is 2.93 bits per heavy atom. The van der Waals surface area contributed by atoms with Crippen molar-refractivity contribution in [2.24, 2.45) is 0 Å². The van der Waals surface area contributed by atoms with Crippen LogP contribution >= 0.6 is 0 Å². The average Bonchev–Trinajstić information content (AvgIpc) is 2.43. The summed E-state index contributed by atoms with van der Waals surface area (Å²) in [6.45, 7) is 4.43. The molecule has 0 heterocycles. The van der Waals surface area contributed by atoms with Gasteiger partial charge in [0.15, 0.2) is 0 Å². The lowest BCUT2D eigenvalue weighted by molar-refractivity contribution is 0.237. The van der Waals surface area contributed by atoms with E-state index in [1.54, 1.807) is 0 Å². The molecule has 0 aliphatic heterocycles. The molecule has 0 N–H and O–H groups in total. The van der Waals surface area contributed by atoms with Gasteiger partial charge in [0.1, 0.15) is 0 Å². The van der Waals surface area contributed by atoms with E-state index in [0.717, 1.165) is 18.6 Å². The normalized spacial score (nSPS) is 17.5. The van der Waals surface area contributed by atoms with E-state index in [1.165, 1.54) is 19.3 Å². The summed E-state index contributed by atoms with van der Waals surface area (Å²) in [5, 5.41) is 0. The SMILES string of the molecule is C#CCO[Si](C)(C)OC1=CCCCCC1. The molecule has 2 nitrogen and oxygen atoms in total. The van der Waals surface area contributed by atoms with Crippen molar-refractivity contribution in [3.8, 4) is 12.3 Å². The molecule has 0 saturated carbocycles. The summed E-state index contributed by atoms with van der Waals surface area (Å²) in [4.78, 5) is 0. The van der Waals surface area contributed by atoms with Crippen LogP contribution < -0.4 is 0 Å². The predicted octanol–water partition coefficient (Wildman–Crippen LogP) is 3.20. The Hall–Kier alpha value is -0.723. The van der Waals surface area contributed by atoms with Gasteiger partial charge >= 0.3 is 8.56 Å². The molecule has 0 radical (unpaired) electrons. The topological polar surface area (TPSA) is 18.5 Å². The Morgan fingerprint density at radius 1 is 1.40 bits per heavy atom. The zero-order valence-corrected chi connectivity index (χ0v) is 10.7. The lowest BCUT2D eigenvalue weighted by Crippen LogP contribution is -2.34. The highest BCUT2D eigenvalue weighted by Crippen LogP contribution is 2.22. The first-order valence-corrected chi connectivity index (χ1v) is 8.41. The summed E-state index contributed by atoms with van der Waals surface area (Å²) in [6.07, 6.45) is 13.4. The maximum atomic E-state index is 5.94. The van der Waals surface area contributed by atoms with Gasteiger partial charge in [0.2, 0.25) is 0 Å². The van der Waals surface area contributed by atoms with E-state index in [4.69, 9.17) is 15.3 Å². The third-order valence-electron chi connectivity index (χ3n) is 2.38. The molecule has 1 rings (SSSR count). The van der Waals surface area contributed by atoms with Crippen LogP contribution in [-0.2, 0) is 8.85 Å². The molecular formula is C12H20O2Si. The summed E-state index contributed by atoms with van der Waals surface area (Å²) < 4.78 is 11.5. The monoisotopic (exact) mass is 224 g/mol. The summed E-state index contributed by atoms with van der Waals surface area (Å²) in [5.41, 5.74) is 0. The second kappa shape index (κ2) is 5.99. The minimum Gasteiger partial charge on any atom is -0.524 e. The van der Waals surface area contributed by atoms with E-state index in [9.17, 15) is 0 Å². The molecule has 3 heteroatoms. The number of hydrogen-bond acceptors (Lipinski definition) is 2. The van der Waals surface area contributed by atoms with Gasteiger partial charge < -0.3 is 8.85 Å². The first-order valence-electron chi connectivity index (χ1n) is 5.59. The Bertz CT molecular complexity index is 263. The first kappa shape index (κ1) is 12.3. The van der Waals surface area contributed by atoms with Gasteiger partial charge in [-0.3, -0.25) is 0 Å². The molecule has 0 aromatic rings. The van der Waals surface area contributed by atoms with Crippen LogP contribution in [0.2, 0.25) is 13.1 Å². The van der Waals surface area contributed by atoms with Gasteiger partial charge in [-0.1, -0.05) is 12.3 Å². The van der Waals surface area contributed by atoms with Crippen molar-refractivity contribution in [2.45, 2.75) is 45.2 Å². The van der Waals surface area contributed by atoms with Crippen LogP contribution in [0.25, 0.3) is 0 Å². The first-order chi connectivity index (χ1) is 7.14. The molecule has 0 saturated heterocycles. The van der Waals surface area contributed by atoms with Crippen LogP contribution in [0.4, 0.5) is 0 Å². The molecule has 0 bridgehead atoms. The molecule has 0 atom stereocenters. The molecule has 0 amide bonds. The van der Waals surface area contributed by atoms with E-state index < -0.39 is 8.56 Å². The van der Waals surface area contributed by atoms with Crippen LogP contribution in [0.5, 0.6) is 0 Å². The Kier molecular flexibility index (Phi) is 4.93. The minimum atomic E-state index is -2.04. The highest BCUT2D eigenvalue weighted by molar-refractivity contribution is 6.64. The molecule has 84 valence electrons. The smallest absolute Gasteiger partial charge is 0.392 e. The maximum absolute atomic E-state index is 5.94. The fraction of sp³-hybridized carbons (Fsp3) is 0.667. The van der Waals surface area contributed by atoms with Gasteiger partial charge in [0, 0.05) is 6.42 Å². The standard InChI is InChI=1S/C12H20O2Si/c1-4-11-13-15(2,3)14-12-9-7-5-6-8-10-12/h1,9H,5-8,10-11H2,2-3H3. The van der Waals surface area contributed by atoms with Crippen molar-refractivity contribution in [3.63, 3.8) is 0 Å². The zero-order valence-electron chi connectivity index (χ0n) is 9.71. The average molecular weight is 224 g/mol. The summed E-state index contributed by atoms with van der Waals surface area (Å²) in [5.74, 6) is 3.60. The van der Waals surface area contributed by atoms with Crippen molar-refractivity contribution in [2.75, 3.05) is 6.61 Å². The van der Waals surface area contributed by atoms with E-state index in [-0.39, 0.29) is 0 Å². The van der Waals surface area contributed by atoms with Crippen LogP contribution in [0.1, 0.15) is 32.1 Å². The number of allylic oxidation sites excluding steroid dienone is 2. The molecule has 0 aromatic heterocycles. The highest BCUT2D eigenvalue weighted by Gasteiger charge is 2.27. The third-order valence-corrected chi connectivity index (χ3v) is 3.97. The molecule has 1 aliphatic rings. The third kappa shape index (κ3) is 5.05. The molecular weight excluding hydrogens is 204 g/mol. The zero-order chi connectivity index (χ0) is 11.1. The summed E-state index contributed by atoms with van der Waals surface area (Å²) in [6, 6.07) is 0. The fourth-order valence-corrected chi connectivity index (χ4v) is 2.95. The van der Waals surface area contributed by atoms with Crippen molar-refractivity contribution >= 4 is 8.56 Å². The molecule has 0 aromatic carbocycles. The Labute approximate surface area is 93.9 Å². The van der Waals surface area contributed by atoms with Crippen molar-refractivity contribution in [3.05, 3.63) is 11.8 Å². The lowest BCUT2D eigenvalue weighted by atomic mass is 10.2. The van der Waals surface area contributed by atoms with Crippen LogP contribution in [0.3, 0.4) is 0 Å². The van der Waals surface area contributed by atoms with Gasteiger partial charge in [-0.15, -0.1) is 6.42 Å². The number of rotatable bonds is 4. The van der Waals surface area contributed by atoms with Gasteiger partial charge in [-0.2, -0.15) is 0 Å². The molecule has 15 heavy (non-hydrogen) atoms. The quantitative estimate of drug-likeness (QED) is 0.539. The fourth-order valence-electron chi connectivity index (χ4n) is 1.64. The largest absolute Gasteiger partial charge is 0.524 e. The summed E-state index contributed by atoms with van der Waals surface area (Å²) in [7, 11) is -2.04. The Balaban J connectivity index is 2.44. The predicted molar refractivity (Wildman–Crippen MR) is 64.5 cm³/mol. The van der Waals surface area contributed by atoms with Crippen LogP contribution in [0.15, 0.2) is 11.8 Å². The van der Waals surface area contributed by atoms with Gasteiger partial charge in [-0.25, -0.2) is 0 Å². The van der Waals surface area contributed by atoms with E-state index in [0.29, 0.717) is 6.61 Å². The number of hydrogen-bond donors (Lipinski definition) is 0. The number of terminal acetylenes is 1. The maximum Gasteiger partial charge on any atom is 0.392 e. The van der Waals surface area contributed by atoms with Crippen molar-refractivity contribution < 1.29 is 8.85 Å². The molecule has 0 spiro atoms. The van der Waals surface area contributed by atoms with Crippen LogP contribution in [0, 0.1) is 12.3 Å².